The lowest BCUT2D eigenvalue weighted by atomic mass is 9.95. The van der Waals surface area contributed by atoms with E-state index in [4.69, 9.17) is 18.0 Å². The lowest BCUT2D eigenvalue weighted by Crippen LogP contribution is -2.66. The molecule has 0 aliphatic carbocycles. The number of carbonyl (C=O) groups excluding carboxylic acids is 2. The van der Waals surface area contributed by atoms with Gasteiger partial charge < -0.3 is 30.7 Å². The van der Waals surface area contributed by atoms with Crippen LogP contribution in [0, 0.1) is 13.8 Å². The van der Waals surface area contributed by atoms with Gasteiger partial charge in [-0.2, -0.15) is 0 Å². The van der Waals surface area contributed by atoms with Crippen LogP contribution in [0.5, 0.6) is 0 Å². The molecular formula is C41H81BrN9O2PS3. The van der Waals surface area contributed by atoms with Gasteiger partial charge in [-0.3, -0.25) is 14.3 Å². The highest BCUT2D eigenvalue weighted by Gasteiger charge is 2.42. The van der Waals surface area contributed by atoms with E-state index >= 15 is 0 Å². The Morgan fingerprint density at radius 3 is 1.26 bits per heavy atom. The van der Waals surface area contributed by atoms with Crippen molar-refractivity contribution in [3.05, 3.63) is 22.1 Å². The van der Waals surface area contributed by atoms with Gasteiger partial charge in [0, 0.05) is 90.2 Å². The number of hydrogen-bond acceptors (Lipinski definition) is 11. The Kier molecular flexibility index (Phi) is 25.6. The quantitative estimate of drug-likeness (QED) is 0.175. The molecule has 3 N–H and O–H groups in total. The summed E-state index contributed by atoms with van der Waals surface area (Å²) in [5.41, 5.74) is 7.94. The Labute approximate surface area is 373 Å². The van der Waals surface area contributed by atoms with Crippen molar-refractivity contribution in [2.24, 2.45) is 5.73 Å². The van der Waals surface area contributed by atoms with Crippen molar-refractivity contribution in [3.8, 4) is 0 Å². The summed E-state index contributed by atoms with van der Waals surface area (Å²) in [6.07, 6.45) is 0. The van der Waals surface area contributed by atoms with Gasteiger partial charge in [-0.15, -0.1) is 22.7 Å². The average Bonchev–Trinajstić information content (AvgIpc) is 3.73. The molecule has 3 fully saturated rings. The van der Waals surface area contributed by atoms with Crippen molar-refractivity contribution in [2.75, 3.05) is 15.1 Å². The maximum absolute atomic E-state index is 11.9. The molecule has 5 heterocycles. The largest absolute Gasteiger partial charge is 0.376 e. The molecule has 3 saturated heterocycles. The van der Waals surface area contributed by atoms with Gasteiger partial charge in [-0.25, -0.2) is 9.97 Å². The highest BCUT2D eigenvalue weighted by atomic mass is 79.9. The number of nitrogens with two attached hydrogens (primary N) is 1. The van der Waals surface area contributed by atoms with E-state index in [0.717, 1.165) is 21.7 Å². The van der Waals surface area contributed by atoms with Crippen molar-refractivity contribution in [2.45, 2.75) is 206 Å². The maximum Gasteiger partial charge on any atom is 0.220 e. The van der Waals surface area contributed by atoms with Gasteiger partial charge in [0.25, 0.3) is 0 Å². The molecular weight excluding hydrogens is 858 g/mol. The highest BCUT2D eigenvalue weighted by Crippen LogP contribution is 2.34. The second-order valence-electron chi connectivity index (χ2n) is 15.5. The second kappa shape index (κ2) is 25.3. The predicted molar refractivity (Wildman–Crippen MR) is 263 cm³/mol. The van der Waals surface area contributed by atoms with Crippen LogP contribution in [0.2, 0.25) is 0 Å². The molecule has 1 amide bonds. The van der Waals surface area contributed by atoms with Crippen LogP contribution in [0.4, 0.5) is 10.3 Å². The molecule has 0 bridgehead atoms. The van der Waals surface area contributed by atoms with Crippen molar-refractivity contribution < 1.29 is 9.59 Å². The van der Waals surface area contributed by atoms with E-state index in [0.29, 0.717) is 58.8 Å². The normalized spacial score (nSPS) is 31.0. The number of hydrogen-bond donors (Lipinski definition) is 2. The summed E-state index contributed by atoms with van der Waals surface area (Å²) in [5.74, 6) is 0.332. The first kappa shape index (κ1) is 57.6. The first-order valence-corrected chi connectivity index (χ1v) is 22.9. The number of nitrogens with one attached hydrogen (secondary N) is 1. The number of carbonyl (C=O) groups is 2. The van der Waals surface area contributed by atoms with E-state index in [9.17, 15) is 9.59 Å². The van der Waals surface area contributed by atoms with Gasteiger partial charge >= 0.3 is 0 Å². The molecule has 57 heavy (non-hydrogen) atoms. The van der Waals surface area contributed by atoms with Gasteiger partial charge in [0.2, 0.25) is 5.91 Å². The number of rotatable bonds is 3. The van der Waals surface area contributed by atoms with E-state index in [2.05, 4.69) is 161 Å². The molecule has 3 aliphatic heterocycles. The molecule has 0 spiro atoms. The number of aryl methyl sites for hydroxylation is 2. The SMILES string of the molecule is C.C.C.CC(=O)CBr.CC(=O)N1C(C)C(C)N(c2nc(C)cs2)C(C)C1C.CC1C(C)N(C(N)=S)C(C)C(C)N1P.Cc1csc(N2C(C)C(C)NC(C)C2C)n1. The molecule has 0 radical (unpaired) electrons. The number of thiazole rings is 2. The van der Waals surface area contributed by atoms with Crippen LogP contribution >= 0.6 is 60.2 Å². The monoisotopic (exact) mass is 937 g/mol. The fraction of sp³-hybridized carbons (Fsp3) is 0.780. The number of piperazine rings is 3. The van der Waals surface area contributed by atoms with Crippen molar-refractivity contribution >= 4 is 87.3 Å². The zero-order chi connectivity index (χ0) is 41.5. The fourth-order valence-corrected chi connectivity index (χ4v) is 10.3. The third-order valence-corrected chi connectivity index (χ3v) is 15.6. The van der Waals surface area contributed by atoms with Crippen LogP contribution in [0.1, 0.15) is 131 Å². The summed E-state index contributed by atoms with van der Waals surface area (Å²) < 4.78 is 2.31. The molecule has 0 saturated carbocycles. The molecule has 5 rings (SSSR count). The Morgan fingerprint density at radius 1 is 0.684 bits per heavy atom. The van der Waals surface area contributed by atoms with Gasteiger partial charge in [0.15, 0.2) is 15.4 Å². The molecule has 11 nitrogen and oxygen atoms in total. The van der Waals surface area contributed by atoms with Crippen LogP contribution in [0.25, 0.3) is 0 Å². The molecule has 3 aliphatic rings. The maximum atomic E-state index is 11.9. The topological polar surface area (TPSA) is 114 Å². The second-order valence-corrected chi connectivity index (χ2v) is 18.7. The average molecular weight is 939 g/mol. The number of amides is 1. The number of ketones is 1. The zero-order valence-electron chi connectivity index (χ0n) is 35.5. The van der Waals surface area contributed by atoms with Crippen molar-refractivity contribution in [3.63, 3.8) is 0 Å². The van der Waals surface area contributed by atoms with Crippen LogP contribution in [0.15, 0.2) is 10.8 Å². The first-order valence-electron chi connectivity index (χ1n) is 19.1. The van der Waals surface area contributed by atoms with E-state index in [1.54, 1.807) is 29.6 Å². The van der Waals surface area contributed by atoms with Gasteiger partial charge in [0.05, 0.1) is 16.7 Å². The molecule has 16 heteroatoms. The molecule has 13 unspecified atom stereocenters. The van der Waals surface area contributed by atoms with Crippen LogP contribution in [-0.4, -0.2) is 119 Å². The molecule has 13 atom stereocenters. The Bertz CT molecular complexity index is 1470. The van der Waals surface area contributed by atoms with Gasteiger partial charge in [-0.05, 0) is 116 Å². The smallest absolute Gasteiger partial charge is 0.220 e. The minimum Gasteiger partial charge on any atom is -0.376 e. The first-order chi connectivity index (χ1) is 25.0. The lowest BCUT2D eigenvalue weighted by molar-refractivity contribution is -0.135. The van der Waals surface area contributed by atoms with E-state index in [1.807, 2.05) is 11.8 Å². The number of nitrogens with zero attached hydrogens (tertiary/aromatic N) is 7. The number of anilines is 2. The Morgan fingerprint density at radius 2 is 1.00 bits per heavy atom. The minimum absolute atomic E-state index is 0. The van der Waals surface area contributed by atoms with E-state index in [1.165, 1.54) is 6.92 Å². The van der Waals surface area contributed by atoms with Crippen LogP contribution in [0.3, 0.4) is 0 Å². The highest BCUT2D eigenvalue weighted by molar-refractivity contribution is 9.09. The number of alkyl halides is 1. The fourth-order valence-electron chi connectivity index (χ4n) is 7.51. The van der Waals surface area contributed by atoms with Gasteiger partial charge in [0.1, 0.15) is 5.78 Å². The van der Waals surface area contributed by atoms with Crippen LogP contribution in [-0.2, 0) is 9.59 Å². The number of aromatic nitrogens is 2. The summed E-state index contributed by atoms with van der Waals surface area (Å²) in [4.78, 5) is 39.8. The lowest BCUT2D eigenvalue weighted by Gasteiger charge is -2.52. The number of thiocarbonyl (C=S) groups is 1. The minimum atomic E-state index is 0. The predicted octanol–water partition coefficient (Wildman–Crippen LogP) is 9.16. The third-order valence-electron chi connectivity index (χ3n) is 11.7. The number of halogens is 1. The van der Waals surface area contributed by atoms with E-state index < -0.39 is 0 Å². The van der Waals surface area contributed by atoms with E-state index in [-0.39, 0.29) is 58.1 Å². The molecule has 2 aromatic rings. The van der Waals surface area contributed by atoms with Crippen molar-refractivity contribution in [1.29, 1.82) is 0 Å². The van der Waals surface area contributed by atoms with Gasteiger partial charge in [-0.1, -0.05) is 47.6 Å². The Hall–Kier alpha value is -1.48. The summed E-state index contributed by atoms with van der Waals surface area (Å²) in [6.45, 7) is 33.7. The molecule has 0 aromatic carbocycles. The summed E-state index contributed by atoms with van der Waals surface area (Å²) in [5, 5.41) is 11.1. The van der Waals surface area contributed by atoms with Crippen LogP contribution < -0.4 is 20.9 Å². The third kappa shape index (κ3) is 14.3. The molecule has 2 aromatic heterocycles. The number of Topliss-reactive ketones (excluding diaryl/α,β-unsaturated/α-hetero) is 1. The summed E-state index contributed by atoms with van der Waals surface area (Å²) in [6, 6.07) is 4.62. The summed E-state index contributed by atoms with van der Waals surface area (Å²) in [7, 11) is 2.80. The molecule has 332 valence electrons. The summed E-state index contributed by atoms with van der Waals surface area (Å²) >= 11 is 11.5. The zero-order valence-corrected chi connectivity index (χ0v) is 40.7. The Balaban J connectivity index is 0. The van der Waals surface area contributed by atoms with Crippen molar-refractivity contribution in [1.82, 2.24) is 29.8 Å². The standard InChI is InChI=1S/C14H23N3OS.C12H21N3S.C9H20N3PS.C3H5BrO.3CH4/c1-8-7-19-14(15-8)17-11(4)9(2)16(13(6)18)10(3)12(17)5;1-7-6-16-12(13-7)15-10(4)8(2)14-9(3)11(15)5;1-5-7(3)12(13)8(4)6(2)11(5)9(10)14;1-3(5)2-4;;;/h7,9-12H,1-6H3;6,8-11,14H,1-5H3;5-8H,13H2,1-4H3,(H2,10,14);2H2,1H3;3*1H4.